The van der Waals surface area contributed by atoms with Crippen LogP contribution in [-0.2, 0) is 4.74 Å². The summed E-state index contributed by atoms with van der Waals surface area (Å²) in [7, 11) is 1.28. The quantitative estimate of drug-likeness (QED) is 0.554. The molecule has 1 amide bonds. The molecule has 6 heteroatoms. The average molecular weight is 350 g/mol. The fourth-order valence-corrected chi connectivity index (χ4v) is 3.00. The van der Waals surface area contributed by atoms with Crippen LogP contribution in [0.3, 0.4) is 0 Å². The van der Waals surface area contributed by atoms with E-state index in [9.17, 15) is 14.4 Å². The Morgan fingerprint density at radius 1 is 1.04 bits per heavy atom. The van der Waals surface area contributed by atoms with Gasteiger partial charge in [0.2, 0.25) is 0 Å². The molecular formula is C20H18N2O4. The molecular weight excluding hydrogens is 332 g/mol. The molecule has 0 radical (unpaired) electrons. The van der Waals surface area contributed by atoms with Crippen molar-refractivity contribution < 1.29 is 19.1 Å². The van der Waals surface area contributed by atoms with E-state index in [-0.39, 0.29) is 17.3 Å². The van der Waals surface area contributed by atoms with Crippen LogP contribution in [0.5, 0.6) is 0 Å². The normalized spacial score (nSPS) is 10.6. The summed E-state index contributed by atoms with van der Waals surface area (Å²) in [6, 6.07) is 11.9. The summed E-state index contributed by atoms with van der Waals surface area (Å²) in [6.45, 7) is 3.24. The average Bonchev–Trinajstić information content (AvgIpc) is 2.98. The number of carbonyl (C=O) groups excluding carboxylic acids is 3. The van der Waals surface area contributed by atoms with Gasteiger partial charge in [0.1, 0.15) is 0 Å². The van der Waals surface area contributed by atoms with Gasteiger partial charge in [-0.3, -0.25) is 9.59 Å². The Morgan fingerprint density at radius 3 is 2.35 bits per heavy atom. The number of hydrogen-bond donors (Lipinski definition) is 2. The zero-order valence-electron chi connectivity index (χ0n) is 14.7. The summed E-state index contributed by atoms with van der Waals surface area (Å²) in [4.78, 5) is 39.7. The number of hydrogen-bond acceptors (Lipinski definition) is 4. The first kappa shape index (κ1) is 17.4. The molecule has 1 heterocycles. The number of anilines is 1. The Balaban J connectivity index is 2.17. The first-order chi connectivity index (χ1) is 12.4. The molecule has 6 nitrogen and oxygen atoms in total. The number of H-pyrrole nitrogens is 1. The second kappa shape index (κ2) is 6.84. The lowest BCUT2D eigenvalue weighted by atomic mass is 10.0. The lowest BCUT2D eigenvalue weighted by Crippen LogP contribution is -2.13. The van der Waals surface area contributed by atoms with Crippen molar-refractivity contribution in [1.82, 2.24) is 4.98 Å². The number of esters is 1. The van der Waals surface area contributed by atoms with E-state index in [1.165, 1.54) is 20.1 Å². The number of Topliss-reactive ketones (excluding diaryl/α,β-unsaturated/α-hetero) is 1. The topological polar surface area (TPSA) is 88.3 Å². The number of rotatable bonds is 4. The maximum atomic E-state index is 12.5. The Kier molecular flexibility index (Phi) is 4.58. The van der Waals surface area contributed by atoms with Gasteiger partial charge in [0.15, 0.2) is 5.78 Å². The van der Waals surface area contributed by atoms with Crippen molar-refractivity contribution in [1.29, 1.82) is 0 Å². The highest BCUT2D eigenvalue weighted by molar-refractivity contribution is 6.15. The number of nitrogens with one attached hydrogen (secondary N) is 2. The molecule has 26 heavy (non-hydrogen) atoms. The number of carbonyl (C=O) groups is 3. The van der Waals surface area contributed by atoms with E-state index >= 15 is 0 Å². The highest BCUT2D eigenvalue weighted by atomic mass is 16.5. The predicted molar refractivity (Wildman–Crippen MR) is 98.8 cm³/mol. The minimum atomic E-state index is -0.546. The van der Waals surface area contributed by atoms with E-state index in [1.807, 2.05) is 6.07 Å². The van der Waals surface area contributed by atoms with Gasteiger partial charge in [-0.25, -0.2) is 4.79 Å². The van der Waals surface area contributed by atoms with E-state index in [0.717, 1.165) is 0 Å². The van der Waals surface area contributed by atoms with E-state index in [4.69, 9.17) is 4.74 Å². The zero-order chi connectivity index (χ0) is 18.8. The molecule has 3 rings (SSSR count). The third kappa shape index (κ3) is 3.09. The van der Waals surface area contributed by atoms with E-state index in [1.54, 1.807) is 37.3 Å². The monoisotopic (exact) mass is 350 g/mol. The standard InChI is InChI=1S/C20H18N2O4/c1-11-17(12(2)23)15-9-14(20(25)26-3)10-16(18(15)21-11)22-19(24)13-7-5-4-6-8-13/h4-10,21H,1-3H3,(H,22,24). The largest absolute Gasteiger partial charge is 0.465 e. The Morgan fingerprint density at radius 2 is 1.73 bits per heavy atom. The van der Waals surface area contributed by atoms with Crippen LogP contribution in [0.1, 0.15) is 43.7 Å². The molecule has 1 aromatic heterocycles. The molecule has 0 aliphatic carbocycles. The van der Waals surface area contributed by atoms with Gasteiger partial charge in [0, 0.05) is 22.2 Å². The number of amides is 1. The Labute approximate surface area is 150 Å². The Hall–Kier alpha value is -3.41. The molecule has 132 valence electrons. The zero-order valence-corrected chi connectivity index (χ0v) is 14.7. The summed E-state index contributed by atoms with van der Waals surface area (Å²) >= 11 is 0. The van der Waals surface area contributed by atoms with Crippen molar-refractivity contribution in [2.45, 2.75) is 13.8 Å². The van der Waals surface area contributed by atoms with Crippen LogP contribution in [-0.4, -0.2) is 29.8 Å². The molecule has 0 atom stereocenters. The number of ether oxygens (including phenoxy) is 1. The van der Waals surface area contributed by atoms with Gasteiger partial charge in [0.05, 0.1) is 23.9 Å². The van der Waals surface area contributed by atoms with Crippen molar-refractivity contribution in [3.05, 3.63) is 64.8 Å². The van der Waals surface area contributed by atoms with Crippen LogP contribution in [0.4, 0.5) is 5.69 Å². The number of benzene rings is 2. The smallest absolute Gasteiger partial charge is 0.337 e. The first-order valence-corrected chi connectivity index (χ1v) is 8.04. The molecule has 0 aliphatic rings. The SMILES string of the molecule is COC(=O)c1cc(NC(=O)c2ccccc2)c2[nH]c(C)c(C(C)=O)c2c1. The van der Waals surface area contributed by atoms with Crippen molar-refractivity contribution in [2.75, 3.05) is 12.4 Å². The lowest BCUT2D eigenvalue weighted by Gasteiger charge is -2.09. The van der Waals surface area contributed by atoms with Crippen LogP contribution in [0.25, 0.3) is 10.9 Å². The minimum Gasteiger partial charge on any atom is -0.465 e. The number of aryl methyl sites for hydroxylation is 1. The second-order valence-corrected chi connectivity index (χ2v) is 5.94. The van der Waals surface area contributed by atoms with Gasteiger partial charge in [-0.15, -0.1) is 0 Å². The Bertz CT molecular complexity index is 1020. The van der Waals surface area contributed by atoms with Crippen LogP contribution in [0.15, 0.2) is 42.5 Å². The summed E-state index contributed by atoms with van der Waals surface area (Å²) in [5.74, 6) is -0.989. The van der Waals surface area contributed by atoms with Crippen molar-refractivity contribution >= 4 is 34.3 Å². The van der Waals surface area contributed by atoms with E-state index in [0.29, 0.717) is 33.4 Å². The summed E-state index contributed by atoms with van der Waals surface area (Å²) in [5, 5.41) is 3.38. The van der Waals surface area contributed by atoms with Gasteiger partial charge in [-0.2, -0.15) is 0 Å². The van der Waals surface area contributed by atoms with Crippen molar-refractivity contribution in [3.63, 3.8) is 0 Å². The van der Waals surface area contributed by atoms with Crippen LogP contribution in [0.2, 0.25) is 0 Å². The van der Waals surface area contributed by atoms with E-state index < -0.39 is 5.97 Å². The molecule has 0 bridgehead atoms. The molecule has 3 aromatic rings. The molecule has 0 unspecified atom stereocenters. The van der Waals surface area contributed by atoms with Gasteiger partial charge in [-0.1, -0.05) is 18.2 Å². The third-order valence-corrected chi connectivity index (χ3v) is 4.15. The number of aromatic nitrogens is 1. The fourth-order valence-electron chi connectivity index (χ4n) is 3.00. The van der Waals surface area contributed by atoms with Gasteiger partial charge in [0.25, 0.3) is 5.91 Å². The number of aromatic amines is 1. The molecule has 0 saturated carbocycles. The third-order valence-electron chi connectivity index (χ3n) is 4.15. The molecule has 2 aromatic carbocycles. The summed E-state index contributed by atoms with van der Waals surface area (Å²) < 4.78 is 4.79. The maximum Gasteiger partial charge on any atom is 0.337 e. The van der Waals surface area contributed by atoms with Gasteiger partial charge < -0.3 is 15.0 Å². The lowest BCUT2D eigenvalue weighted by molar-refractivity contribution is 0.0600. The summed E-state index contributed by atoms with van der Waals surface area (Å²) in [6.07, 6.45) is 0. The fraction of sp³-hybridized carbons (Fsp3) is 0.150. The highest BCUT2D eigenvalue weighted by Crippen LogP contribution is 2.31. The maximum absolute atomic E-state index is 12.5. The minimum absolute atomic E-state index is 0.129. The number of ketones is 1. The predicted octanol–water partition coefficient (Wildman–Crippen LogP) is 3.72. The van der Waals surface area contributed by atoms with Crippen LogP contribution in [0, 0.1) is 6.92 Å². The highest BCUT2D eigenvalue weighted by Gasteiger charge is 2.20. The number of methoxy groups -OCH3 is 1. The molecule has 2 N–H and O–H groups in total. The molecule has 0 fully saturated rings. The van der Waals surface area contributed by atoms with Crippen LogP contribution >= 0.6 is 0 Å². The van der Waals surface area contributed by atoms with Gasteiger partial charge in [-0.05, 0) is 38.1 Å². The van der Waals surface area contributed by atoms with Crippen LogP contribution < -0.4 is 5.32 Å². The van der Waals surface area contributed by atoms with Crippen molar-refractivity contribution in [2.24, 2.45) is 0 Å². The molecule has 0 aliphatic heterocycles. The molecule has 0 saturated heterocycles. The summed E-state index contributed by atoms with van der Waals surface area (Å²) in [5.41, 5.74) is 2.90. The first-order valence-electron chi connectivity index (χ1n) is 8.04. The van der Waals surface area contributed by atoms with E-state index in [2.05, 4.69) is 10.3 Å². The number of fused-ring (bicyclic) bond motifs is 1. The van der Waals surface area contributed by atoms with Crippen molar-refractivity contribution in [3.8, 4) is 0 Å². The van der Waals surface area contributed by atoms with Gasteiger partial charge >= 0.3 is 5.97 Å². The second-order valence-electron chi connectivity index (χ2n) is 5.94. The molecule has 0 spiro atoms.